The second-order valence-electron chi connectivity index (χ2n) is 7.39. The summed E-state index contributed by atoms with van der Waals surface area (Å²) in [5.41, 5.74) is 1.49. The van der Waals surface area contributed by atoms with Crippen LogP contribution in [0.5, 0.6) is 0 Å². The lowest BCUT2D eigenvalue weighted by Gasteiger charge is -2.33. The molecule has 3 heterocycles. The van der Waals surface area contributed by atoms with Crippen LogP contribution in [-0.4, -0.2) is 52.9 Å². The van der Waals surface area contributed by atoms with Gasteiger partial charge in [0.05, 0.1) is 10.7 Å². The van der Waals surface area contributed by atoms with Crippen LogP contribution < -0.4 is 5.32 Å². The largest absolute Gasteiger partial charge is 0.325 e. The zero-order valence-corrected chi connectivity index (χ0v) is 18.2. The number of likely N-dealkylation sites (tertiary alicyclic amines) is 2. The minimum Gasteiger partial charge on any atom is -0.325 e. The average Bonchev–Trinajstić information content (AvgIpc) is 3.40. The van der Waals surface area contributed by atoms with Gasteiger partial charge in [0.15, 0.2) is 5.13 Å². The minimum absolute atomic E-state index is 0.0404. The molecular weight excluding hydrogens is 431 g/mol. The zero-order valence-electron chi connectivity index (χ0n) is 15.9. The summed E-state index contributed by atoms with van der Waals surface area (Å²) < 4.78 is 0. The summed E-state index contributed by atoms with van der Waals surface area (Å²) in [5, 5.41) is 6.42. The quantitative estimate of drug-likeness (QED) is 0.713. The maximum absolute atomic E-state index is 12.7. The molecule has 1 aromatic heterocycles. The standard InChI is InChI=1S/C20H22Cl2N4O2S/c21-14-3-4-15(16(22)11-14)17-12-29-19(23-17)24-18(27)13-5-9-26(10-6-13)20(28)25-7-1-2-8-25/h3-4,11-13H,1-2,5-10H2,(H,23,24,27). The van der Waals surface area contributed by atoms with E-state index in [9.17, 15) is 9.59 Å². The van der Waals surface area contributed by atoms with Gasteiger partial charge in [0.2, 0.25) is 5.91 Å². The van der Waals surface area contributed by atoms with Crippen molar-refractivity contribution >= 4 is 51.6 Å². The van der Waals surface area contributed by atoms with E-state index in [1.807, 2.05) is 21.2 Å². The Morgan fingerprint density at radius 1 is 1.07 bits per heavy atom. The Labute approximate surface area is 183 Å². The van der Waals surface area contributed by atoms with E-state index >= 15 is 0 Å². The SMILES string of the molecule is O=C(Nc1nc(-c2ccc(Cl)cc2Cl)cs1)C1CCN(C(=O)N2CCCC2)CC1. The van der Waals surface area contributed by atoms with E-state index in [-0.39, 0.29) is 17.9 Å². The van der Waals surface area contributed by atoms with Gasteiger partial charge in [-0.05, 0) is 43.9 Å². The lowest BCUT2D eigenvalue weighted by Crippen LogP contribution is -2.47. The predicted octanol–water partition coefficient (Wildman–Crippen LogP) is 4.98. The van der Waals surface area contributed by atoms with Gasteiger partial charge in [-0.25, -0.2) is 9.78 Å². The van der Waals surface area contributed by atoms with Crippen molar-refractivity contribution in [3.8, 4) is 11.3 Å². The first-order chi connectivity index (χ1) is 14.0. The van der Waals surface area contributed by atoms with Crippen molar-refractivity contribution in [1.29, 1.82) is 0 Å². The monoisotopic (exact) mass is 452 g/mol. The normalized spacial score (nSPS) is 17.6. The molecule has 2 fully saturated rings. The Kier molecular flexibility index (Phi) is 6.27. The van der Waals surface area contributed by atoms with Gasteiger partial charge < -0.3 is 15.1 Å². The van der Waals surface area contributed by atoms with Gasteiger partial charge in [0, 0.05) is 48.1 Å². The highest BCUT2D eigenvalue weighted by atomic mass is 35.5. The molecule has 3 amide bonds. The van der Waals surface area contributed by atoms with E-state index in [1.54, 1.807) is 12.1 Å². The van der Waals surface area contributed by atoms with Gasteiger partial charge in [-0.1, -0.05) is 23.2 Å². The molecule has 2 aliphatic heterocycles. The zero-order chi connectivity index (χ0) is 20.4. The predicted molar refractivity (Wildman–Crippen MR) is 117 cm³/mol. The summed E-state index contributed by atoms with van der Waals surface area (Å²) in [4.78, 5) is 33.4. The van der Waals surface area contributed by atoms with Crippen LogP contribution in [0.4, 0.5) is 9.93 Å². The summed E-state index contributed by atoms with van der Waals surface area (Å²) in [6.07, 6.45) is 3.52. The van der Waals surface area contributed by atoms with Gasteiger partial charge in [-0.2, -0.15) is 0 Å². The number of hydrogen-bond donors (Lipinski definition) is 1. The second-order valence-corrected chi connectivity index (χ2v) is 9.09. The van der Waals surface area contributed by atoms with Crippen molar-refractivity contribution in [2.45, 2.75) is 25.7 Å². The fourth-order valence-electron chi connectivity index (χ4n) is 3.80. The highest BCUT2D eigenvalue weighted by molar-refractivity contribution is 7.14. The van der Waals surface area contributed by atoms with Crippen LogP contribution in [0.2, 0.25) is 10.0 Å². The molecule has 0 saturated carbocycles. The van der Waals surface area contributed by atoms with Crippen LogP contribution in [0, 0.1) is 5.92 Å². The van der Waals surface area contributed by atoms with E-state index in [1.165, 1.54) is 11.3 Å². The smallest absolute Gasteiger partial charge is 0.319 e. The number of carbonyl (C=O) groups is 2. The summed E-state index contributed by atoms with van der Waals surface area (Å²) in [6.45, 7) is 2.94. The van der Waals surface area contributed by atoms with Gasteiger partial charge in [0.25, 0.3) is 0 Å². The molecule has 154 valence electrons. The molecule has 0 bridgehead atoms. The number of anilines is 1. The Morgan fingerprint density at radius 3 is 2.45 bits per heavy atom. The van der Waals surface area contributed by atoms with Crippen molar-refractivity contribution in [3.63, 3.8) is 0 Å². The Balaban J connectivity index is 1.32. The maximum atomic E-state index is 12.7. The molecule has 0 unspecified atom stereocenters. The van der Waals surface area contributed by atoms with Crippen LogP contribution in [-0.2, 0) is 4.79 Å². The first-order valence-electron chi connectivity index (χ1n) is 9.77. The van der Waals surface area contributed by atoms with E-state index < -0.39 is 0 Å². The molecular formula is C20H22Cl2N4O2S. The highest BCUT2D eigenvalue weighted by Gasteiger charge is 2.30. The summed E-state index contributed by atoms with van der Waals surface area (Å²) in [5.74, 6) is -0.148. The Hall–Kier alpha value is -1.83. The molecule has 4 rings (SSSR count). The van der Waals surface area contributed by atoms with Crippen molar-refractivity contribution < 1.29 is 9.59 Å². The highest BCUT2D eigenvalue weighted by Crippen LogP contribution is 2.32. The number of nitrogens with one attached hydrogen (secondary N) is 1. The third-order valence-electron chi connectivity index (χ3n) is 5.45. The third-order valence-corrected chi connectivity index (χ3v) is 6.76. The minimum atomic E-state index is -0.107. The molecule has 9 heteroatoms. The topological polar surface area (TPSA) is 65.5 Å². The average molecular weight is 453 g/mol. The molecule has 29 heavy (non-hydrogen) atoms. The second kappa shape index (κ2) is 8.90. The number of rotatable bonds is 3. The van der Waals surface area contributed by atoms with Gasteiger partial charge >= 0.3 is 6.03 Å². The van der Waals surface area contributed by atoms with Gasteiger partial charge in [-0.15, -0.1) is 11.3 Å². The number of aromatic nitrogens is 1. The first kappa shape index (κ1) is 20.4. The fourth-order valence-corrected chi connectivity index (χ4v) is 5.02. The lowest BCUT2D eigenvalue weighted by molar-refractivity contribution is -0.121. The van der Waals surface area contributed by atoms with E-state index in [0.717, 1.165) is 31.5 Å². The number of halogens is 2. The first-order valence-corrected chi connectivity index (χ1v) is 11.4. The third kappa shape index (κ3) is 4.68. The molecule has 0 atom stereocenters. The number of thiazole rings is 1. The molecule has 1 aromatic carbocycles. The number of carbonyl (C=O) groups excluding carboxylic acids is 2. The number of hydrogen-bond acceptors (Lipinski definition) is 4. The molecule has 0 spiro atoms. The summed E-state index contributed by atoms with van der Waals surface area (Å²) in [7, 11) is 0. The van der Waals surface area contributed by atoms with Gasteiger partial charge in [-0.3, -0.25) is 4.79 Å². The van der Waals surface area contributed by atoms with E-state index in [2.05, 4.69) is 10.3 Å². The molecule has 6 nitrogen and oxygen atoms in total. The number of benzene rings is 1. The van der Waals surface area contributed by atoms with Crippen LogP contribution >= 0.6 is 34.5 Å². The van der Waals surface area contributed by atoms with Gasteiger partial charge in [0.1, 0.15) is 0 Å². The van der Waals surface area contributed by atoms with E-state index in [0.29, 0.717) is 46.8 Å². The molecule has 2 aliphatic rings. The lowest BCUT2D eigenvalue weighted by atomic mass is 9.96. The number of piperidine rings is 1. The summed E-state index contributed by atoms with van der Waals surface area (Å²) >= 11 is 13.6. The van der Waals surface area contributed by atoms with Crippen LogP contribution in [0.1, 0.15) is 25.7 Å². The molecule has 2 saturated heterocycles. The molecule has 1 N–H and O–H groups in total. The molecule has 2 aromatic rings. The van der Waals surface area contributed by atoms with Crippen molar-refractivity contribution in [3.05, 3.63) is 33.6 Å². The fraction of sp³-hybridized carbons (Fsp3) is 0.450. The summed E-state index contributed by atoms with van der Waals surface area (Å²) in [6, 6.07) is 5.37. The van der Waals surface area contributed by atoms with Crippen molar-refractivity contribution in [1.82, 2.24) is 14.8 Å². The van der Waals surface area contributed by atoms with E-state index in [4.69, 9.17) is 23.2 Å². The Bertz CT molecular complexity index is 906. The number of nitrogens with zero attached hydrogens (tertiary/aromatic N) is 3. The Morgan fingerprint density at radius 2 is 1.76 bits per heavy atom. The van der Waals surface area contributed by atoms with Crippen LogP contribution in [0.25, 0.3) is 11.3 Å². The number of urea groups is 1. The van der Waals surface area contributed by atoms with Crippen LogP contribution in [0.3, 0.4) is 0 Å². The van der Waals surface area contributed by atoms with Crippen LogP contribution in [0.15, 0.2) is 23.6 Å². The van der Waals surface area contributed by atoms with Crippen molar-refractivity contribution in [2.75, 3.05) is 31.5 Å². The molecule has 0 radical (unpaired) electrons. The maximum Gasteiger partial charge on any atom is 0.319 e. The molecule has 0 aliphatic carbocycles. The number of amides is 3. The van der Waals surface area contributed by atoms with Crippen molar-refractivity contribution in [2.24, 2.45) is 5.92 Å².